The van der Waals surface area contributed by atoms with Crippen LogP contribution < -0.4 is 16.0 Å². The lowest BCUT2D eigenvalue weighted by atomic mass is 9.81. The van der Waals surface area contributed by atoms with E-state index in [0.717, 1.165) is 60.5 Å². The molecule has 312 valence electrons. The third-order valence-electron chi connectivity index (χ3n) is 12.6. The second-order valence-electron chi connectivity index (χ2n) is 16.7. The van der Waals surface area contributed by atoms with E-state index < -0.39 is 22.9 Å². The highest BCUT2D eigenvalue weighted by atomic mass is 35.5. The van der Waals surface area contributed by atoms with Gasteiger partial charge in [-0.3, -0.25) is 9.59 Å². The number of hydrogen-bond donors (Lipinski definition) is 3. The molecule has 3 aliphatic heterocycles. The maximum absolute atomic E-state index is 15.9. The number of halogens is 3. The molecule has 4 aromatic rings. The Morgan fingerprint density at radius 2 is 1.64 bits per heavy atom. The molecule has 0 spiro atoms. The minimum absolute atomic E-state index is 0.0160. The van der Waals surface area contributed by atoms with Crippen LogP contribution in [0.25, 0.3) is 16.6 Å². The van der Waals surface area contributed by atoms with Gasteiger partial charge in [-0.2, -0.15) is 0 Å². The summed E-state index contributed by atoms with van der Waals surface area (Å²) in [6.45, 7) is 5.80. The van der Waals surface area contributed by atoms with Gasteiger partial charge in [0.05, 0.1) is 34.7 Å². The van der Waals surface area contributed by atoms with Crippen molar-refractivity contribution in [3.63, 3.8) is 0 Å². The molecule has 14 heteroatoms. The number of likely N-dealkylation sites (tertiary alicyclic amines) is 2. The molecule has 8 rings (SSSR count). The Hall–Kier alpha value is -4.69. The SMILES string of the molecule is CC1(F)CC(c2ccccc2)=CC(F)=C1C(=O)N1CCC(OC2CCN(CC[C@H](NC(=O)C3(N)CCN(c4ncnc5[nH]ccc45)CC3)c3ccc(Cl)cc3)CC2)CC1. The lowest BCUT2D eigenvalue weighted by molar-refractivity contribution is -0.132. The molecule has 1 aliphatic carbocycles. The molecule has 0 bridgehead atoms. The van der Waals surface area contributed by atoms with Crippen LogP contribution in [0.15, 0.2) is 90.7 Å². The van der Waals surface area contributed by atoms with Crippen molar-refractivity contribution >= 4 is 45.8 Å². The number of anilines is 1. The van der Waals surface area contributed by atoms with Crippen LogP contribution >= 0.6 is 11.6 Å². The first-order chi connectivity index (χ1) is 28.5. The predicted octanol–water partition coefficient (Wildman–Crippen LogP) is 7.07. The molecule has 0 radical (unpaired) electrons. The summed E-state index contributed by atoms with van der Waals surface area (Å²) in [5, 5.41) is 4.89. The van der Waals surface area contributed by atoms with E-state index in [1.165, 1.54) is 13.0 Å². The molecule has 2 atom stereocenters. The summed E-state index contributed by atoms with van der Waals surface area (Å²) in [7, 11) is 0. The van der Waals surface area contributed by atoms with Crippen molar-refractivity contribution in [1.82, 2.24) is 30.1 Å². The van der Waals surface area contributed by atoms with Crippen LogP contribution in [0.2, 0.25) is 5.02 Å². The fraction of sp³-hybridized carbons (Fsp3) is 0.467. The number of aromatic amines is 1. The Bertz CT molecular complexity index is 2170. The number of carbonyl (C=O) groups is 2. The Balaban J connectivity index is 0.806. The summed E-state index contributed by atoms with van der Waals surface area (Å²) in [5.41, 5.74) is 6.39. The Morgan fingerprint density at radius 1 is 0.966 bits per heavy atom. The number of piperidine rings is 3. The monoisotopic (exact) mass is 826 g/mol. The number of allylic oxidation sites excluding steroid dienone is 3. The minimum Gasteiger partial charge on any atom is -0.375 e. The van der Waals surface area contributed by atoms with Crippen LogP contribution in [-0.4, -0.2) is 106 Å². The summed E-state index contributed by atoms with van der Waals surface area (Å²) < 4.78 is 37.9. The van der Waals surface area contributed by atoms with E-state index in [0.29, 0.717) is 68.9 Å². The van der Waals surface area contributed by atoms with Crippen molar-refractivity contribution in [2.24, 2.45) is 5.73 Å². The number of nitrogens with two attached hydrogens (primary N) is 1. The number of nitrogens with zero attached hydrogens (tertiary/aromatic N) is 5. The number of nitrogens with one attached hydrogen (secondary N) is 2. The number of rotatable bonds is 11. The number of ether oxygens (including phenoxy) is 1. The van der Waals surface area contributed by atoms with Crippen LogP contribution in [0.4, 0.5) is 14.6 Å². The smallest absolute Gasteiger partial charge is 0.256 e. The molecule has 59 heavy (non-hydrogen) atoms. The maximum Gasteiger partial charge on any atom is 0.256 e. The van der Waals surface area contributed by atoms with E-state index in [2.05, 4.69) is 30.1 Å². The van der Waals surface area contributed by atoms with Gasteiger partial charge in [-0.05, 0) is 92.8 Å². The van der Waals surface area contributed by atoms with Crippen LogP contribution in [0.3, 0.4) is 0 Å². The molecule has 2 amide bonds. The molecule has 3 fully saturated rings. The third-order valence-corrected chi connectivity index (χ3v) is 12.9. The van der Waals surface area contributed by atoms with E-state index in [-0.39, 0.29) is 36.2 Å². The Morgan fingerprint density at radius 3 is 2.32 bits per heavy atom. The van der Waals surface area contributed by atoms with Gasteiger partial charge in [-0.15, -0.1) is 0 Å². The number of benzene rings is 2. The summed E-state index contributed by atoms with van der Waals surface area (Å²) in [4.78, 5) is 45.5. The highest BCUT2D eigenvalue weighted by molar-refractivity contribution is 6.30. The molecule has 5 heterocycles. The molecule has 4 N–H and O–H groups in total. The molecule has 2 aromatic carbocycles. The van der Waals surface area contributed by atoms with E-state index >= 15 is 8.78 Å². The van der Waals surface area contributed by atoms with Crippen molar-refractivity contribution < 1.29 is 23.1 Å². The van der Waals surface area contributed by atoms with Crippen LogP contribution in [-0.2, 0) is 14.3 Å². The summed E-state index contributed by atoms with van der Waals surface area (Å²) >= 11 is 6.24. The standard InChI is InChI=1S/C45H53ClF2N8O3/c1-44(48)28-32(30-5-3-2-4-6-30)27-37(47)39(44)42(57)56-23-14-35(15-24-56)59-34-12-20-54(21-13-34)22-16-38(31-7-9-33(46)10-8-31)53-43(58)45(49)17-25-55(26-18-45)41-36-11-19-50-40(36)51-29-52-41/h2-11,19,27,29,34-35,38H,12-18,20-26,28,49H2,1H3,(H,53,58)(H,50,51,52)/t38-,44?/m0/s1. The minimum atomic E-state index is -2.11. The molecule has 2 aromatic heterocycles. The third kappa shape index (κ3) is 9.23. The van der Waals surface area contributed by atoms with Crippen LogP contribution in [0.1, 0.15) is 75.5 Å². The number of carbonyl (C=O) groups excluding carboxylic acids is 2. The Labute approximate surface area is 349 Å². The van der Waals surface area contributed by atoms with Gasteiger partial charge in [-0.25, -0.2) is 18.7 Å². The molecule has 4 aliphatic rings. The average Bonchev–Trinajstić information content (AvgIpc) is 3.73. The van der Waals surface area contributed by atoms with Gasteiger partial charge in [0.15, 0.2) is 0 Å². The van der Waals surface area contributed by atoms with Crippen LogP contribution in [0.5, 0.6) is 0 Å². The fourth-order valence-corrected chi connectivity index (χ4v) is 9.24. The quantitative estimate of drug-likeness (QED) is 0.146. The highest BCUT2D eigenvalue weighted by Gasteiger charge is 2.43. The Kier molecular flexibility index (Phi) is 12.2. The number of hydrogen-bond acceptors (Lipinski definition) is 8. The van der Waals surface area contributed by atoms with Crippen molar-refractivity contribution in [2.75, 3.05) is 50.7 Å². The van der Waals surface area contributed by atoms with Gasteiger partial charge in [0, 0.05) is 63.5 Å². The van der Waals surface area contributed by atoms with Gasteiger partial charge in [-0.1, -0.05) is 54.1 Å². The van der Waals surface area contributed by atoms with Gasteiger partial charge in [0.1, 0.15) is 29.3 Å². The zero-order chi connectivity index (χ0) is 41.1. The first-order valence-corrected chi connectivity index (χ1v) is 21.2. The summed E-state index contributed by atoms with van der Waals surface area (Å²) in [5.74, 6) is -0.674. The van der Waals surface area contributed by atoms with Crippen molar-refractivity contribution in [3.8, 4) is 0 Å². The number of fused-ring (bicyclic) bond motifs is 1. The van der Waals surface area contributed by atoms with Gasteiger partial charge < -0.3 is 35.5 Å². The summed E-state index contributed by atoms with van der Waals surface area (Å²) in [6, 6.07) is 18.5. The predicted molar refractivity (Wildman–Crippen MR) is 226 cm³/mol. The zero-order valence-electron chi connectivity index (χ0n) is 33.5. The lowest BCUT2D eigenvalue weighted by Crippen LogP contribution is -2.60. The summed E-state index contributed by atoms with van der Waals surface area (Å²) in [6.07, 6.45) is 9.41. The lowest BCUT2D eigenvalue weighted by Gasteiger charge is -2.40. The van der Waals surface area contributed by atoms with E-state index in [1.807, 2.05) is 66.9 Å². The number of aromatic nitrogens is 3. The maximum atomic E-state index is 15.9. The molecule has 1 unspecified atom stereocenters. The average molecular weight is 827 g/mol. The van der Waals surface area contributed by atoms with Crippen LogP contribution in [0, 0.1) is 0 Å². The first kappa shape index (κ1) is 41.1. The molecule has 0 saturated carbocycles. The van der Waals surface area contributed by atoms with E-state index in [1.54, 1.807) is 11.2 Å². The largest absolute Gasteiger partial charge is 0.375 e. The van der Waals surface area contributed by atoms with E-state index in [9.17, 15) is 9.59 Å². The zero-order valence-corrected chi connectivity index (χ0v) is 34.3. The molecule has 11 nitrogen and oxygen atoms in total. The first-order valence-electron chi connectivity index (χ1n) is 20.9. The number of alkyl halides is 1. The van der Waals surface area contributed by atoms with Crippen molar-refractivity contribution in [3.05, 3.63) is 107 Å². The van der Waals surface area contributed by atoms with Gasteiger partial charge in [0.2, 0.25) is 5.91 Å². The second kappa shape index (κ2) is 17.5. The second-order valence-corrected chi connectivity index (χ2v) is 17.2. The highest BCUT2D eigenvalue weighted by Crippen LogP contribution is 2.42. The van der Waals surface area contributed by atoms with Gasteiger partial charge in [0.25, 0.3) is 5.91 Å². The fourth-order valence-electron chi connectivity index (χ4n) is 9.11. The van der Waals surface area contributed by atoms with E-state index in [4.69, 9.17) is 22.1 Å². The molecular formula is C45H53ClF2N8O3. The number of amides is 2. The van der Waals surface area contributed by atoms with Crippen molar-refractivity contribution in [1.29, 1.82) is 0 Å². The topological polar surface area (TPSA) is 133 Å². The van der Waals surface area contributed by atoms with Gasteiger partial charge >= 0.3 is 0 Å². The normalized spacial score (nSPS) is 22.7. The molecular weight excluding hydrogens is 774 g/mol. The van der Waals surface area contributed by atoms with Crippen molar-refractivity contribution in [2.45, 2.75) is 87.7 Å². The molecule has 3 saturated heterocycles. The number of H-pyrrole nitrogens is 1.